The van der Waals surface area contributed by atoms with Gasteiger partial charge >= 0.3 is 6.18 Å². The third-order valence-corrected chi connectivity index (χ3v) is 9.04. The van der Waals surface area contributed by atoms with Crippen LogP contribution in [0.25, 0.3) is 0 Å². The number of hydrogen-bond donors (Lipinski definition) is 0. The van der Waals surface area contributed by atoms with Crippen LogP contribution < -0.4 is 0 Å². The molecule has 5 nitrogen and oxygen atoms in total. The van der Waals surface area contributed by atoms with Crippen LogP contribution in [0.15, 0.2) is 58.3 Å². The van der Waals surface area contributed by atoms with Gasteiger partial charge in [-0.25, -0.2) is 16.8 Å². The number of hydrogen-bond acceptors (Lipinski definition) is 5. The number of ether oxygens (including phenoxy) is 1. The van der Waals surface area contributed by atoms with E-state index in [1.807, 2.05) is 0 Å². The first-order chi connectivity index (χ1) is 13.7. The molecule has 164 valence electrons. The Balaban J connectivity index is 1.92. The van der Waals surface area contributed by atoms with Gasteiger partial charge in [0.25, 0.3) is 0 Å². The maximum absolute atomic E-state index is 13.2. The molecule has 0 aliphatic carbocycles. The second kappa shape index (κ2) is 7.65. The van der Waals surface area contributed by atoms with E-state index in [1.165, 1.54) is 25.1 Å². The summed E-state index contributed by atoms with van der Waals surface area (Å²) in [6.45, 7) is 1.61. The van der Waals surface area contributed by atoms with E-state index in [0.717, 1.165) is 18.4 Å². The monoisotopic (exact) mass is 462 g/mol. The fourth-order valence-corrected chi connectivity index (χ4v) is 5.94. The second-order valence-electron chi connectivity index (χ2n) is 7.63. The van der Waals surface area contributed by atoms with Crippen LogP contribution in [0.5, 0.6) is 0 Å². The average Bonchev–Trinajstić information content (AvgIpc) is 2.67. The number of alkyl halides is 3. The highest BCUT2D eigenvalue weighted by Gasteiger charge is 2.45. The van der Waals surface area contributed by atoms with Gasteiger partial charge in [0.1, 0.15) is 0 Å². The van der Waals surface area contributed by atoms with E-state index in [1.54, 1.807) is 12.1 Å². The smallest absolute Gasteiger partial charge is 0.373 e. The van der Waals surface area contributed by atoms with Crippen molar-refractivity contribution >= 4 is 19.7 Å². The summed E-state index contributed by atoms with van der Waals surface area (Å²) in [4.78, 5) is -0.255. The molecule has 0 N–H and O–H groups in total. The minimum Gasteiger partial charge on any atom is -0.373 e. The molecule has 0 aromatic heterocycles. The first kappa shape index (κ1) is 22.8. The summed E-state index contributed by atoms with van der Waals surface area (Å²) in [6, 6.07) is 9.69. The summed E-state index contributed by atoms with van der Waals surface area (Å²) in [5.74, 6) is 0. The van der Waals surface area contributed by atoms with Crippen molar-refractivity contribution in [1.29, 1.82) is 0 Å². The summed E-state index contributed by atoms with van der Waals surface area (Å²) in [7, 11) is -7.47. The molecule has 2 aromatic carbocycles. The van der Waals surface area contributed by atoms with Crippen molar-refractivity contribution in [2.24, 2.45) is 0 Å². The highest BCUT2D eigenvalue weighted by molar-refractivity contribution is 7.92. The van der Waals surface area contributed by atoms with Crippen LogP contribution in [-0.2, 0) is 30.6 Å². The van der Waals surface area contributed by atoms with E-state index in [9.17, 15) is 30.0 Å². The number of halogens is 3. The SMILES string of the molecule is CC1(S(=O)(=O)c2cccc(C(F)(F)F)c2)CCOC(c2ccc(S(C)(=O)=O)cc2)C1. The molecular weight excluding hydrogens is 441 g/mol. The molecule has 1 saturated heterocycles. The van der Waals surface area contributed by atoms with Crippen molar-refractivity contribution in [2.75, 3.05) is 12.9 Å². The Bertz CT molecular complexity index is 1140. The van der Waals surface area contributed by atoms with Crippen molar-refractivity contribution < 1.29 is 34.7 Å². The number of rotatable bonds is 4. The molecule has 1 aliphatic rings. The fraction of sp³-hybridized carbons (Fsp3) is 0.400. The van der Waals surface area contributed by atoms with Gasteiger partial charge in [-0.2, -0.15) is 13.2 Å². The van der Waals surface area contributed by atoms with Crippen LogP contribution in [0.3, 0.4) is 0 Å². The zero-order valence-corrected chi connectivity index (χ0v) is 17.9. The Morgan fingerprint density at radius 1 is 1.00 bits per heavy atom. The molecule has 0 radical (unpaired) electrons. The molecule has 0 amide bonds. The lowest BCUT2D eigenvalue weighted by atomic mass is 9.92. The summed E-state index contributed by atoms with van der Waals surface area (Å²) >= 11 is 0. The summed E-state index contributed by atoms with van der Waals surface area (Å²) in [5, 5.41) is 0. The number of sulfone groups is 2. The molecule has 0 saturated carbocycles. The van der Waals surface area contributed by atoms with E-state index in [-0.39, 0.29) is 29.2 Å². The molecule has 3 rings (SSSR count). The van der Waals surface area contributed by atoms with Crippen molar-refractivity contribution in [1.82, 2.24) is 0 Å². The van der Waals surface area contributed by atoms with E-state index >= 15 is 0 Å². The van der Waals surface area contributed by atoms with Gasteiger partial charge in [0, 0.05) is 12.9 Å². The van der Waals surface area contributed by atoms with Crippen LogP contribution in [0.2, 0.25) is 0 Å². The molecule has 1 aliphatic heterocycles. The van der Waals surface area contributed by atoms with Crippen molar-refractivity contribution in [2.45, 2.75) is 46.6 Å². The highest BCUT2D eigenvalue weighted by atomic mass is 32.2. The van der Waals surface area contributed by atoms with Gasteiger partial charge in [-0.3, -0.25) is 0 Å². The lowest BCUT2D eigenvalue weighted by Gasteiger charge is -2.38. The van der Waals surface area contributed by atoms with Gasteiger partial charge in [-0.05, 0) is 55.7 Å². The maximum Gasteiger partial charge on any atom is 0.416 e. The zero-order valence-electron chi connectivity index (χ0n) is 16.3. The van der Waals surface area contributed by atoms with Gasteiger partial charge in [0.05, 0.1) is 26.2 Å². The Labute approximate surface area is 173 Å². The van der Waals surface area contributed by atoms with Gasteiger partial charge < -0.3 is 4.74 Å². The van der Waals surface area contributed by atoms with Crippen molar-refractivity contribution in [3.63, 3.8) is 0 Å². The Morgan fingerprint density at radius 2 is 1.63 bits per heavy atom. The topological polar surface area (TPSA) is 77.5 Å². The predicted molar refractivity (Wildman–Crippen MR) is 105 cm³/mol. The van der Waals surface area contributed by atoms with Gasteiger partial charge in [-0.1, -0.05) is 18.2 Å². The van der Waals surface area contributed by atoms with Crippen LogP contribution >= 0.6 is 0 Å². The first-order valence-corrected chi connectivity index (χ1v) is 12.4. The maximum atomic E-state index is 13.2. The van der Waals surface area contributed by atoms with Crippen molar-refractivity contribution in [3.8, 4) is 0 Å². The average molecular weight is 463 g/mol. The summed E-state index contributed by atoms with van der Waals surface area (Å²) in [6.07, 6.45) is -4.03. The van der Waals surface area contributed by atoms with Crippen molar-refractivity contribution in [3.05, 3.63) is 59.7 Å². The summed E-state index contributed by atoms with van der Waals surface area (Å²) in [5.41, 5.74) is -0.417. The summed E-state index contributed by atoms with van der Waals surface area (Å²) < 4.78 is 93.2. The third kappa shape index (κ3) is 4.40. The van der Waals surface area contributed by atoms with E-state index < -0.39 is 42.3 Å². The molecule has 2 aromatic rings. The standard InChI is InChI=1S/C20H21F3O5S2/c1-19(30(26,27)17-5-3-4-15(12-17)20(21,22)23)10-11-28-18(13-19)14-6-8-16(9-7-14)29(2,24)25/h3-9,12,18H,10-11,13H2,1-2H3. The molecule has 30 heavy (non-hydrogen) atoms. The van der Waals surface area contributed by atoms with Crippen LogP contribution in [0, 0.1) is 0 Å². The lowest BCUT2D eigenvalue weighted by molar-refractivity contribution is -0.137. The van der Waals surface area contributed by atoms with Gasteiger partial charge in [0.15, 0.2) is 19.7 Å². The van der Waals surface area contributed by atoms with Gasteiger partial charge in [-0.15, -0.1) is 0 Å². The van der Waals surface area contributed by atoms with E-state index in [2.05, 4.69) is 0 Å². The molecule has 0 spiro atoms. The van der Waals surface area contributed by atoms with E-state index in [4.69, 9.17) is 4.74 Å². The lowest BCUT2D eigenvalue weighted by Crippen LogP contribution is -2.42. The second-order valence-corrected chi connectivity index (χ2v) is 12.1. The van der Waals surface area contributed by atoms with Crippen LogP contribution in [-0.4, -0.2) is 34.4 Å². The minimum absolute atomic E-state index is 0.0315. The van der Waals surface area contributed by atoms with Crippen LogP contribution in [0.1, 0.15) is 37.0 Å². The largest absolute Gasteiger partial charge is 0.416 e. The van der Waals surface area contributed by atoms with E-state index in [0.29, 0.717) is 11.6 Å². The molecule has 10 heteroatoms. The highest BCUT2D eigenvalue weighted by Crippen LogP contribution is 2.42. The molecular formula is C20H21F3O5S2. The predicted octanol–water partition coefficient (Wildman–Crippen LogP) is 4.19. The zero-order chi connectivity index (χ0) is 22.4. The third-order valence-electron chi connectivity index (χ3n) is 5.37. The molecule has 1 heterocycles. The quantitative estimate of drug-likeness (QED) is 0.681. The Morgan fingerprint density at radius 3 is 2.20 bits per heavy atom. The Hall–Kier alpha value is -1.91. The molecule has 1 fully saturated rings. The van der Waals surface area contributed by atoms with Gasteiger partial charge in [0.2, 0.25) is 0 Å². The Kier molecular flexibility index (Phi) is 5.81. The fourth-order valence-electron chi connectivity index (χ4n) is 3.48. The minimum atomic E-state index is -4.65. The molecule has 2 unspecified atom stereocenters. The molecule has 2 atom stereocenters. The first-order valence-electron chi connectivity index (χ1n) is 9.08. The van der Waals surface area contributed by atoms with Crippen LogP contribution in [0.4, 0.5) is 13.2 Å². The number of benzene rings is 2. The molecule has 0 bridgehead atoms. The normalized spacial score (nSPS) is 23.3.